The molecular formula is C16H34N2O2S. The normalized spacial score (nSPS) is 23.9. The molecule has 1 rings (SSSR count). The van der Waals surface area contributed by atoms with Crippen LogP contribution in [0.25, 0.3) is 0 Å². The maximum Gasteiger partial charge on any atom is 0.211 e. The zero-order valence-electron chi connectivity index (χ0n) is 14.3. The van der Waals surface area contributed by atoms with Crippen molar-refractivity contribution < 1.29 is 8.42 Å². The highest BCUT2D eigenvalue weighted by atomic mass is 32.2. The third-order valence-electron chi connectivity index (χ3n) is 4.43. The van der Waals surface area contributed by atoms with Gasteiger partial charge in [-0.05, 0) is 44.1 Å². The van der Waals surface area contributed by atoms with Gasteiger partial charge in [-0.15, -0.1) is 0 Å². The van der Waals surface area contributed by atoms with E-state index in [2.05, 4.69) is 19.2 Å². The van der Waals surface area contributed by atoms with E-state index in [0.717, 1.165) is 24.8 Å². The molecule has 4 nitrogen and oxygen atoms in total. The Morgan fingerprint density at radius 3 is 2.57 bits per heavy atom. The first kappa shape index (κ1) is 18.9. The van der Waals surface area contributed by atoms with E-state index in [-0.39, 0.29) is 0 Å². The fourth-order valence-electron chi connectivity index (χ4n) is 3.48. The summed E-state index contributed by atoms with van der Waals surface area (Å²) in [6.07, 6.45) is 8.82. The third-order valence-corrected chi connectivity index (χ3v) is 5.81. The maximum absolute atomic E-state index is 11.5. The Labute approximate surface area is 131 Å². The molecule has 1 N–H and O–H groups in total. The van der Waals surface area contributed by atoms with Crippen molar-refractivity contribution in [2.24, 2.45) is 11.8 Å². The van der Waals surface area contributed by atoms with E-state index >= 15 is 0 Å². The minimum atomic E-state index is -3.04. The van der Waals surface area contributed by atoms with Crippen LogP contribution in [0.2, 0.25) is 0 Å². The summed E-state index contributed by atoms with van der Waals surface area (Å²) >= 11 is 0. The highest BCUT2D eigenvalue weighted by Crippen LogP contribution is 2.29. The second-order valence-electron chi connectivity index (χ2n) is 6.92. The van der Waals surface area contributed by atoms with Crippen LogP contribution < -0.4 is 5.32 Å². The summed E-state index contributed by atoms with van der Waals surface area (Å²) in [6.45, 7) is 8.63. The molecule has 0 spiro atoms. The molecule has 0 saturated heterocycles. The fraction of sp³-hybridized carbons (Fsp3) is 1.00. The average molecular weight is 319 g/mol. The monoisotopic (exact) mass is 318 g/mol. The lowest BCUT2D eigenvalue weighted by molar-refractivity contribution is 0.251. The molecule has 1 fully saturated rings. The molecule has 21 heavy (non-hydrogen) atoms. The van der Waals surface area contributed by atoms with Crippen LogP contribution in [-0.4, -0.2) is 44.7 Å². The SMILES string of the molecule is CCN(CCCNC1CCCC(CC(C)C)C1)S(C)(=O)=O. The van der Waals surface area contributed by atoms with Crippen molar-refractivity contribution in [3.05, 3.63) is 0 Å². The molecule has 1 aliphatic carbocycles. The second kappa shape index (κ2) is 9.11. The summed E-state index contributed by atoms with van der Waals surface area (Å²) in [5.41, 5.74) is 0. The van der Waals surface area contributed by atoms with Crippen molar-refractivity contribution in [1.29, 1.82) is 0 Å². The molecule has 5 heteroatoms. The lowest BCUT2D eigenvalue weighted by atomic mass is 9.81. The molecular weight excluding hydrogens is 284 g/mol. The first-order valence-electron chi connectivity index (χ1n) is 8.51. The molecule has 0 aromatic carbocycles. The zero-order valence-corrected chi connectivity index (χ0v) is 15.1. The summed E-state index contributed by atoms with van der Waals surface area (Å²) in [7, 11) is -3.04. The standard InChI is InChI=1S/C16H34N2O2S/c1-5-18(21(4,19)20)11-7-10-17-16-9-6-8-15(13-16)12-14(2)3/h14-17H,5-13H2,1-4H3. The van der Waals surface area contributed by atoms with Gasteiger partial charge in [0.05, 0.1) is 6.26 Å². The van der Waals surface area contributed by atoms with Crippen LogP contribution in [-0.2, 0) is 10.0 Å². The van der Waals surface area contributed by atoms with Crippen molar-refractivity contribution >= 4 is 10.0 Å². The van der Waals surface area contributed by atoms with Gasteiger partial charge >= 0.3 is 0 Å². The molecule has 1 saturated carbocycles. The van der Waals surface area contributed by atoms with Crippen molar-refractivity contribution in [3.8, 4) is 0 Å². The Kier molecular flexibility index (Phi) is 8.21. The largest absolute Gasteiger partial charge is 0.314 e. The predicted octanol–water partition coefficient (Wildman–Crippen LogP) is 2.85. The Balaban J connectivity index is 2.23. The quantitative estimate of drug-likeness (QED) is 0.665. The lowest BCUT2D eigenvalue weighted by Crippen LogP contribution is -2.37. The topological polar surface area (TPSA) is 49.4 Å². The molecule has 0 aromatic rings. The van der Waals surface area contributed by atoms with E-state index in [9.17, 15) is 8.42 Å². The van der Waals surface area contributed by atoms with Crippen molar-refractivity contribution in [2.45, 2.75) is 65.3 Å². The molecule has 0 bridgehead atoms. The number of rotatable bonds is 9. The highest BCUT2D eigenvalue weighted by Gasteiger charge is 2.22. The number of hydrogen-bond acceptors (Lipinski definition) is 3. The van der Waals surface area contributed by atoms with Crippen LogP contribution in [0.15, 0.2) is 0 Å². The molecule has 0 heterocycles. The van der Waals surface area contributed by atoms with Crippen LogP contribution in [0.1, 0.15) is 59.3 Å². The Morgan fingerprint density at radius 2 is 2.00 bits per heavy atom. The van der Waals surface area contributed by atoms with Gasteiger partial charge in [0.25, 0.3) is 0 Å². The zero-order chi connectivity index (χ0) is 15.9. The molecule has 0 amide bonds. The number of nitrogens with zero attached hydrogens (tertiary/aromatic N) is 1. The molecule has 2 atom stereocenters. The van der Waals surface area contributed by atoms with Crippen molar-refractivity contribution in [1.82, 2.24) is 9.62 Å². The van der Waals surface area contributed by atoms with Gasteiger partial charge in [0.2, 0.25) is 10.0 Å². The summed E-state index contributed by atoms with van der Waals surface area (Å²) in [4.78, 5) is 0. The van der Waals surface area contributed by atoms with Gasteiger partial charge < -0.3 is 5.32 Å². The van der Waals surface area contributed by atoms with Crippen LogP contribution in [0.4, 0.5) is 0 Å². The van der Waals surface area contributed by atoms with Crippen LogP contribution in [0.3, 0.4) is 0 Å². The van der Waals surface area contributed by atoms with E-state index in [1.165, 1.54) is 38.4 Å². The lowest BCUT2D eigenvalue weighted by Gasteiger charge is -2.31. The fourth-order valence-corrected chi connectivity index (χ4v) is 4.41. The molecule has 0 aromatic heterocycles. The van der Waals surface area contributed by atoms with Crippen molar-refractivity contribution in [3.63, 3.8) is 0 Å². The van der Waals surface area contributed by atoms with Gasteiger partial charge in [0.1, 0.15) is 0 Å². The van der Waals surface area contributed by atoms with Gasteiger partial charge in [-0.2, -0.15) is 0 Å². The molecule has 1 aliphatic rings. The smallest absolute Gasteiger partial charge is 0.211 e. The maximum atomic E-state index is 11.5. The first-order chi connectivity index (χ1) is 9.82. The van der Waals surface area contributed by atoms with Gasteiger partial charge in [-0.1, -0.05) is 33.6 Å². The van der Waals surface area contributed by atoms with Gasteiger partial charge in [0, 0.05) is 19.1 Å². The van der Waals surface area contributed by atoms with E-state index in [0.29, 0.717) is 19.1 Å². The second-order valence-corrected chi connectivity index (χ2v) is 8.90. The number of nitrogens with one attached hydrogen (secondary N) is 1. The predicted molar refractivity (Wildman–Crippen MR) is 89.9 cm³/mol. The molecule has 0 aliphatic heterocycles. The van der Waals surface area contributed by atoms with Gasteiger partial charge in [0.15, 0.2) is 0 Å². The van der Waals surface area contributed by atoms with E-state index in [1.54, 1.807) is 4.31 Å². The molecule has 126 valence electrons. The summed E-state index contributed by atoms with van der Waals surface area (Å²) in [5, 5.41) is 3.63. The van der Waals surface area contributed by atoms with Crippen LogP contribution in [0.5, 0.6) is 0 Å². The minimum absolute atomic E-state index is 0.568. The number of sulfonamides is 1. The highest BCUT2D eigenvalue weighted by molar-refractivity contribution is 7.88. The van der Waals surface area contributed by atoms with Gasteiger partial charge in [-0.3, -0.25) is 0 Å². The molecule has 2 unspecified atom stereocenters. The Hall–Kier alpha value is -0.130. The summed E-state index contributed by atoms with van der Waals surface area (Å²) < 4.78 is 24.6. The number of hydrogen-bond donors (Lipinski definition) is 1. The average Bonchev–Trinajstić information content (AvgIpc) is 2.36. The summed E-state index contributed by atoms with van der Waals surface area (Å²) in [5.74, 6) is 1.67. The third kappa shape index (κ3) is 7.61. The Bertz CT molecular complexity index is 382. The van der Waals surface area contributed by atoms with E-state index in [1.807, 2.05) is 6.92 Å². The molecule has 0 radical (unpaired) electrons. The minimum Gasteiger partial charge on any atom is -0.314 e. The van der Waals surface area contributed by atoms with E-state index < -0.39 is 10.0 Å². The van der Waals surface area contributed by atoms with Crippen LogP contribution in [0, 0.1) is 11.8 Å². The van der Waals surface area contributed by atoms with Crippen LogP contribution >= 0.6 is 0 Å². The van der Waals surface area contributed by atoms with Crippen molar-refractivity contribution in [2.75, 3.05) is 25.9 Å². The van der Waals surface area contributed by atoms with E-state index in [4.69, 9.17) is 0 Å². The van der Waals surface area contributed by atoms with Gasteiger partial charge in [-0.25, -0.2) is 12.7 Å². The Morgan fingerprint density at radius 1 is 1.29 bits per heavy atom. The first-order valence-corrected chi connectivity index (χ1v) is 10.4. The summed E-state index contributed by atoms with van der Waals surface area (Å²) in [6, 6.07) is 0.635.